The van der Waals surface area contributed by atoms with Gasteiger partial charge in [-0.1, -0.05) is 12.1 Å². The Labute approximate surface area is 183 Å². The molecule has 2 bridgehead atoms. The lowest BCUT2D eigenvalue weighted by atomic mass is 9.60. The van der Waals surface area contributed by atoms with Crippen LogP contribution in [-0.4, -0.2) is 55.3 Å². The molecule has 1 heterocycles. The van der Waals surface area contributed by atoms with Gasteiger partial charge in [0.1, 0.15) is 12.7 Å². The zero-order chi connectivity index (χ0) is 22.4. The van der Waals surface area contributed by atoms with Crippen molar-refractivity contribution in [2.45, 2.75) is 57.7 Å². The van der Waals surface area contributed by atoms with E-state index in [1.807, 2.05) is 39.0 Å². The lowest BCUT2D eigenvalue weighted by Crippen LogP contribution is -2.53. The summed E-state index contributed by atoms with van der Waals surface area (Å²) in [6, 6.07) is 5.85. The molecule has 4 rings (SSSR count). The number of hydrogen-bond acceptors (Lipinski definition) is 7. The number of rotatable bonds is 7. The first-order valence-corrected chi connectivity index (χ1v) is 11.0. The van der Waals surface area contributed by atoms with Gasteiger partial charge in [0.25, 0.3) is 12.2 Å². The van der Waals surface area contributed by atoms with Crippen LogP contribution in [0.3, 0.4) is 0 Å². The second-order valence-corrected chi connectivity index (χ2v) is 9.83. The topological polar surface area (TPSA) is 94.5 Å². The fraction of sp³-hybridized carbons (Fsp3) is 0.667. The summed E-state index contributed by atoms with van der Waals surface area (Å²) < 4.78 is 23.7. The number of ether oxygens (including phenoxy) is 4. The number of benzene rings is 1. The molecular formula is C24H33O7+. The lowest BCUT2D eigenvalue weighted by molar-refractivity contribution is -0.154. The van der Waals surface area contributed by atoms with Gasteiger partial charge in [-0.3, -0.25) is 4.79 Å². The number of para-hydroxylation sites is 1. The molecule has 0 aromatic heterocycles. The molecule has 7 heteroatoms. The number of carbonyl (C=O) groups excluding carboxylic acids is 1. The van der Waals surface area contributed by atoms with Crippen molar-refractivity contribution in [3.05, 3.63) is 29.9 Å². The van der Waals surface area contributed by atoms with Gasteiger partial charge in [0.2, 0.25) is 0 Å². The summed E-state index contributed by atoms with van der Waals surface area (Å²) in [7, 11) is 1.61. The number of esters is 1. The van der Waals surface area contributed by atoms with Gasteiger partial charge in [-0.2, -0.15) is 4.74 Å². The molecule has 5 atom stereocenters. The van der Waals surface area contributed by atoms with Crippen LogP contribution in [0.15, 0.2) is 18.2 Å². The minimum absolute atomic E-state index is 0.116. The van der Waals surface area contributed by atoms with E-state index >= 15 is 0 Å². The predicted molar refractivity (Wildman–Crippen MR) is 113 cm³/mol. The lowest BCUT2D eigenvalue weighted by Gasteiger charge is -2.40. The monoisotopic (exact) mass is 433 g/mol. The first kappa shape index (κ1) is 22.2. The molecular weight excluding hydrogens is 400 g/mol. The highest BCUT2D eigenvalue weighted by molar-refractivity contribution is 5.75. The number of fused-ring (bicyclic) bond motifs is 6. The first-order valence-electron chi connectivity index (χ1n) is 11.0. The molecule has 2 fully saturated rings. The third-order valence-electron chi connectivity index (χ3n) is 7.01. The molecule has 3 aliphatic rings. The Hall–Kier alpha value is -1.96. The van der Waals surface area contributed by atoms with Crippen molar-refractivity contribution in [2.75, 3.05) is 26.9 Å². The number of methoxy groups -OCH3 is 1. The van der Waals surface area contributed by atoms with Crippen molar-refractivity contribution < 1.29 is 34.0 Å². The minimum atomic E-state index is -0.576. The summed E-state index contributed by atoms with van der Waals surface area (Å²) in [5.41, 5.74) is -0.0696. The van der Waals surface area contributed by atoms with Crippen molar-refractivity contribution in [2.24, 2.45) is 17.3 Å². The Bertz CT molecular complexity index is 817. The summed E-state index contributed by atoms with van der Waals surface area (Å²) in [5.74, 6) is 1.11. The van der Waals surface area contributed by atoms with Crippen LogP contribution in [0.2, 0.25) is 0 Å². The van der Waals surface area contributed by atoms with E-state index in [2.05, 4.69) is 0 Å². The van der Waals surface area contributed by atoms with Gasteiger partial charge in [0.05, 0.1) is 31.2 Å². The Kier molecular flexibility index (Phi) is 5.87. The van der Waals surface area contributed by atoms with Crippen LogP contribution >= 0.6 is 0 Å². The molecule has 0 amide bonds. The summed E-state index contributed by atoms with van der Waals surface area (Å²) >= 11 is 0. The molecule has 2 aliphatic carbocycles. The van der Waals surface area contributed by atoms with Crippen LogP contribution in [0.1, 0.15) is 45.6 Å². The van der Waals surface area contributed by atoms with Crippen molar-refractivity contribution in [1.82, 2.24) is 0 Å². The molecule has 1 aliphatic heterocycles. The molecule has 2 N–H and O–H groups in total. The van der Waals surface area contributed by atoms with E-state index in [9.17, 15) is 15.0 Å². The standard InChI is InChI=1S/C24H33O7/c1-23(2,3)22(27)30-10-8-24-14-12-15(17(26)13-14)19(29-11-9-25)21(24)31-20-16(24)6-5-7-18(20)28-4/h5-7,14-15,17,21,25-26H,8-13H2,1-4H3/q+1/t14-,15+,17-,21-,24-/m0/s1. The summed E-state index contributed by atoms with van der Waals surface area (Å²) in [4.78, 5) is 12.4. The molecule has 2 saturated carbocycles. The molecule has 1 aromatic rings. The number of aliphatic hydroxyl groups excluding tert-OH is 2. The van der Waals surface area contributed by atoms with Gasteiger partial charge < -0.3 is 24.4 Å². The molecule has 31 heavy (non-hydrogen) atoms. The average molecular weight is 434 g/mol. The van der Waals surface area contributed by atoms with Crippen LogP contribution in [0.4, 0.5) is 0 Å². The molecule has 170 valence electrons. The van der Waals surface area contributed by atoms with E-state index in [1.165, 1.54) is 0 Å². The third kappa shape index (κ3) is 3.56. The molecule has 0 spiro atoms. The highest BCUT2D eigenvalue weighted by Gasteiger charge is 2.73. The zero-order valence-corrected chi connectivity index (χ0v) is 18.7. The van der Waals surface area contributed by atoms with Gasteiger partial charge in [-0.25, -0.2) is 0 Å². The van der Waals surface area contributed by atoms with E-state index in [-0.39, 0.29) is 37.6 Å². The van der Waals surface area contributed by atoms with Crippen LogP contribution in [-0.2, 0) is 19.7 Å². The predicted octanol–water partition coefficient (Wildman–Crippen LogP) is 2.61. The largest absolute Gasteiger partial charge is 0.493 e. The highest BCUT2D eigenvalue weighted by Crippen LogP contribution is 2.64. The van der Waals surface area contributed by atoms with Crippen LogP contribution in [0.5, 0.6) is 11.5 Å². The molecule has 1 aromatic carbocycles. The van der Waals surface area contributed by atoms with Gasteiger partial charge in [0.15, 0.2) is 17.4 Å². The van der Waals surface area contributed by atoms with Crippen molar-refractivity contribution in [1.29, 1.82) is 0 Å². The van der Waals surface area contributed by atoms with Crippen molar-refractivity contribution in [3.63, 3.8) is 0 Å². The van der Waals surface area contributed by atoms with Crippen molar-refractivity contribution in [3.8, 4) is 11.5 Å². The van der Waals surface area contributed by atoms with Gasteiger partial charge in [0, 0.05) is 12.0 Å². The maximum Gasteiger partial charge on any atom is 0.311 e. The Balaban J connectivity index is 1.72. The van der Waals surface area contributed by atoms with E-state index in [0.717, 1.165) is 12.0 Å². The minimum Gasteiger partial charge on any atom is -0.493 e. The molecule has 7 nitrogen and oxygen atoms in total. The Morgan fingerprint density at radius 3 is 2.74 bits per heavy atom. The number of carbonyl (C=O) groups is 1. The maximum absolute atomic E-state index is 12.4. The SMILES string of the molecule is COc1cccc2c1O[C@H]1[C+](OCCO)[C@@H]3C[C@@H](C[C@@H]3O)[C@@]21CCOC(=O)C(C)(C)C. The van der Waals surface area contributed by atoms with E-state index < -0.39 is 23.0 Å². The smallest absolute Gasteiger partial charge is 0.311 e. The highest BCUT2D eigenvalue weighted by atomic mass is 16.6. The summed E-state index contributed by atoms with van der Waals surface area (Å²) in [6.07, 6.45) is 1.67. The van der Waals surface area contributed by atoms with E-state index in [4.69, 9.17) is 18.9 Å². The first-order chi connectivity index (χ1) is 14.7. The quantitative estimate of drug-likeness (QED) is 0.504. The second kappa shape index (κ2) is 8.19. The fourth-order valence-electron chi connectivity index (χ4n) is 5.56. The fourth-order valence-corrected chi connectivity index (χ4v) is 5.56. The molecule has 0 saturated heterocycles. The normalized spacial score (nSPS) is 31.1. The summed E-state index contributed by atoms with van der Waals surface area (Å²) in [6.45, 7) is 5.78. The Morgan fingerprint density at radius 1 is 1.29 bits per heavy atom. The zero-order valence-electron chi connectivity index (χ0n) is 18.7. The number of hydrogen-bond donors (Lipinski definition) is 2. The van der Waals surface area contributed by atoms with Gasteiger partial charge >= 0.3 is 5.97 Å². The average Bonchev–Trinajstić information content (AvgIpc) is 3.25. The molecule has 0 unspecified atom stereocenters. The van der Waals surface area contributed by atoms with Gasteiger partial charge in [-0.15, -0.1) is 0 Å². The van der Waals surface area contributed by atoms with E-state index in [0.29, 0.717) is 30.4 Å². The Morgan fingerprint density at radius 2 is 2.06 bits per heavy atom. The number of aliphatic hydroxyl groups is 2. The summed E-state index contributed by atoms with van der Waals surface area (Å²) in [5, 5.41) is 20.1. The van der Waals surface area contributed by atoms with Gasteiger partial charge in [-0.05, 0) is 45.6 Å². The maximum atomic E-state index is 12.4. The van der Waals surface area contributed by atoms with E-state index in [1.54, 1.807) is 7.11 Å². The van der Waals surface area contributed by atoms with Crippen LogP contribution in [0.25, 0.3) is 0 Å². The second-order valence-electron chi connectivity index (χ2n) is 9.83. The molecule has 0 radical (unpaired) electrons. The third-order valence-corrected chi connectivity index (χ3v) is 7.01. The van der Waals surface area contributed by atoms with Crippen molar-refractivity contribution >= 4 is 5.97 Å². The van der Waals surface area contributed by atoms with Crippen LogP contribution in [0, 0.1) is 23.4 Å². The van der Waals surface area contributed by atoms with Crippen LogP contribution < -0.4 is 9.47 Å².